The van der Waals surface area contributed by atoms with Crippen molar-refractivity contribution in [2.24, 2.45) is 7.05 Å². The normalized spacial score (nSPS) is 19.4. The van der Waals surface area contributed by atoms with Crippen LogP contribution in [0.3, 0.4) is 0 Å². The van der Waals surface area contributed by atoms with Gasteiger partial charge in [-0.3, -0.25) is 9.58 Å². The van der Waals surface area contributed by atoms with Crippen LogP contribution in [-0.4, -0.2) is 82.4 Å². The molecule has 1 atom stereocenters. The maximum Gasteiger partial charge on any atom is 0.256 e. The van der Waals surface area contributed by atoms with Crippen LogP contribution in [0.2, 0.25) is 0 Å². The summed E-state index contributed by atoms with van der Waals surface area (Å²) >= 11 is 0. The number of rotatable bonds is 8. The van der Waals surface area contributed by atoms with Gasteiger partial charge >= 0.3 is 0 Å². The molecule has 3 N–H and O–H groups in total. The Balaban J connectivity index is 1.35. The zero-order valence-corrected chi connectivity index (χ0v) is 20.5. The lowest BCUT2D eigenvalue weighted by Crippen LogP contribution is -2.38. The average molecular weight is 491 g/mol. The Bertz CT molecular complexity index is 1280. The molecule has 0 bridgehead atoms. The Morgan fingerprint density at radius 1 is 1.33 bits per heavy atom. The van der Waals surface area contributed by atoms with E-state index in [0.29, 0.717) is 41.9 Å². The van der Waals surface area contributed by atoms with Gasteiger partial charge in [0.25, 0.3) is 5.88 Å². The number of aryl methyl sites for hydroxylation is 1. The molecule has 1 fully saturated rings. The van der Waals surface area contributed by atoms with Gasteiger partial charge in [-0.05, 0) is 23.8 Å². The first kappa shape index (κ1) is 24.0. The SMILES string of the molecule is Cn1cc(Nc2nccc(-c3cc(C#N)c4c(c3)C(C)(CO)CN4)n2)c(OCCN2CCOCC2)n1. The Morgan fingerprint density at radius 2 is 2.17 bits per heavy atom. The van der Waals surface area contributed by atoms with Crippen molar-refractivity contribution in [2.45, 2.75) is 12.3 Å². The first-order chi connectivity index (χ1) is 17.5. The minimum atomic E-state index is -0.464. The third-order valence-electron chi connectivity index (χ3n) is 6.66. The summed E-state index contributed by atoms with van der Waals surface area (Å²) in [5.41, 5.74) is 3.87. The van der Waals surface area contributed by atoms with E-state index in [0.717, 1.165) is 49.7 Å². The molecule has 1 saturated heterocycles. The van der Waals surface area contributed by atoms with Crippen LogP contribution in [0.1, 0.15) is 18.1 Å². The van der Waals surface area contributed by atoms with Crippen molar-refractivity contribution in [3.8, 4) is 23.2 Å². The number of fused-ring (bicyclic) bond motifs is 1. The van der Waals surface area contributed by atoms with Crippen molar-refractivity contribution in [2.75, 3.05) is 63.2 Å². The Labute approximate surface area is 209 Å². The number of aliphatic hydroxyl groups excluding tert-OH is 1. The average Bonchev–Trinajstić information content (AvgIpc) is 3.43. The largest absolute Gasteiger partial charge is 0.474 e. The molecule has 188 valence electrons. The van der Waals surface area contributed by atoms with Crippen LogP contribution < -0.4 is 15.4 Å². The lowest BCUT2D eigenvalue weighted by molar-refractivity contribution is 0.0320. The van der Waals surface area contributed by atoms with Gasteiger partial charge in [0.15, 0.2) is 0 Å². The van der Waals surface area contributed by atoms with E-state index in [1.807, 2.05) is 32.3 Å². The third-order valence-corrected chi connectivity index (χ3v) is 6.66. The van der Waals surface area contributed by atoms with E-state index in [2.05, 4.69) is 36.7 Å². The van der Waals surface area contributed by atoms with Gasteiger partial charge < -0.3 is 25.2 Å². The minimum Gasteiger partial charge on any atom is -0.474 e. The highest BCUT2D eigenvalue weighted by Crippen LogP contribution is 2.41. The summed E-state index contributed by atoms with van der Waals surface area (Å²) in [4.78, 5) is 11.4. The number of hydrogen-bond acceptors (Lipinski definition) is 10. The lowest BCUT2D eigenvalue weighted by atomic mass is 9.83. The quantitative estimate of drug-likeness (QED) is 0.430. The van der Waals surface area contributed by atoms with Crippen LogP contribution in [0.4, 0.5) is 17.3 Å². The van der Waals surface area contributed by atoms with Gasteiger partial charge in [0.1, 0.15) is 18.4 Å². The third kappa shape index (κ3) is 4.83. The zero-order chi connectivity index (χ0) is 25.1. The van der Waals surface area contributed by atoms with Crippen LogP contribution in [0.15, 0.2) is 30.6 Å². The van der Waals surface area contributed by atoms with Crippen molar-refractivity contribution < 1.29 is 14.6 Å². The van der Waals surface area contributed by atoms with Gasteiger partial charge in [-0.15, -0.1) is 5.10 Å². The maximum absolute atomic E-state index is 9.98. The highest BCUT2D eigenvalue weighted by Gasteiger charge is 2.36. The van der Waals surface area contributed by atoms with E-state index in [1.54, 1.807) is 16.9 Å². The van der Waals surface area contributed by atoms with E-state index in [9.17, 15) is 10.4 Å². The Morgan fingerprint density at radius 3 is 2.94 bits per heavy atom. The molecule has 2 aliphatic heterocycles. The van der Waals surface area contributed by atoms with Gasteiger partial charge in [0, 0.05) is 50.4 Å². The summed E-state index contributed by atoms with van der Waals surface area (Å²) in [5.74, 6) is 0.870. The van der Waals surface area contributed by atoms with Gasteiger partial charge in [-0.2, -0.15) is 5.26 Å². The molecule has 0 saturated carbocycles. The fraction of sp³-hybridized carbons (Fsp3) is 0.440. The number of morpholine rings is 1. The van der Waals surface area contributed by atoms with E-state index in [-0.39, 0.29) is 6.61 Å². The summed E-state index contributed by atoms with van der Waals surface area (Å²) in [6, 6.07) is 7.87. The molecule has 2 aromatic heterocycles. The predicted molar refractivity (Wildman–Crippen MR) is 134 cm³/mol. The summed E-state index contributed by atoms with van der Waals surface area (Å²) < 4.78 is 13.0. The highest BCUT2D eigenvalue weighted by atomic mass is 16.5. The molecule has 11 heteroatoms. The second kappa shape index (κ2) is 10.1. The predicted octanol–water partition coefficient (Wildman–Crippen LogP) is 1.88. The summed E-state index contributed by atoms with van der Waals surface area (Å²) in [5, 5.41) is 30.6. The fourth-order valence-electron chi connectivity index (χ4n) is 4.52. The number of nitrogens with one attached hydrogen (secondary N) is 2. The molecule has 1 unspecified atom stereocenters. The number of nitriles is 1. The van der Waals surface area contributed by atoms with Crippen molar-refractivity contribution >= 4 is 17.3 Å². The molecule has 5 rings (SSSR count). The molecule has 0 spiro atoms. The van der Waals surface area contributed by atoms with Crippen molar-refractivity contribution in [1.29, 1.82) is 5.26 Å². The summed E-state index contributed by atoms with van der Waals surface area (Å²) in [6.45, 7) is 7.15. The standard InChI is InChI=1S/C25H30N8O3/c1-25(16-34)15-28-22-18(13-26)11-17(12-19(22)25)20-3-4-27-24(29-20)30-21-14-32(2)31-23(21)36-10-7-33-5-8-35-9-6-33/h3-4,11-12,14,28,34H,5-10,15-16H2,1-2H3,(H,27,29,30). The van der Waals surface area contributed by atoms with E-state index >= 15 is 0 Å². The number of aromatic nitrogens is 4. The molecule has 3 aromatic rings. The molecule has 4 heterocycles. The maximum atomic E-state index is 9.98. The second-order valence-electron chi connectivity index (χ2n) is 9.35. The van der Waals surface area contributed by atoms with Gasteiger partial charge in [0.2, 0.25) is 5.95 Å². The van der Waals surface area contributed by atoms with Crippen molar-refractivity contribution in [3.63, 3.8) is 0 Å². The van der Waals surface area contributed by atoms with Gasteiger partial charge in [-0.1, -0.05) is 6.92 Å². The second-order valence-corrected chi connectivity index (χ2v) is 9.35. The first-order valence-corrected chi connectivity index (χ1v) is 12.0. The number of aliphatic hydroxyl groups is 1. The van der Waals surface area contributed by atoms with Crippen molar-refractivity contribution in [3.05, 3.63) is 41.7 Å². The van der Waals surface area contributed by atoms with Crippen LogP contribution in [0, 0.1) is 11.3 Å². The molecule has 0 radical (unpaired) electrons. The van der Waals surface area contributed by atoms with Crippen molar-refractivity contribution in [1.82, 2.24) is 24.6 Å². The topological polar surface area (TPSA) is 133 Å². The molecular formula is C25H30N8O3. The van der Waals surface area contributed by atoms with E-state index in [1.165, 1.54) is 0 Å². The molecule has 0 amide bonds. The molecule has 1 aromatic carbocycles. The monoisotopic (exact) mass is 490 g/mol. The highest BCUT2D eigenvalue weighted by molar-refractivity contribution is 5.76. The van der Waals surface area contributed by atoms with Crippen LogP contribution in [0.5, 0.6) is 5.88 Å². The number of hydrogen-bond donors (Lipinski definition) is 3. The van der Waals surface area contributed by atoms with Crippen LogP contribution in [-0.2, 0) is 17.2 Å². The van der Waals surface area contributed by atoms with Crippen LogP contribution >= 0.6 is 0 Å². The number of anilines is 3. The Hall–Kier alpha value is -3.72. The van der Waals surface area contributed by atoms with E-state index < -0.39 is 5.41 Å². The lowest BCUT2D eigenvalue weighted by Gasteiger charge is -2.26. The molecule has 11 nitrogen and oxygen atoms in total. The molecule has 0 aliphatic carbocycles. The minimum absolute atomic E-state index is 0.0206. The number of benzene rings is 1. The van der Waals surface area contributed by atoms with Gasteiger partial charge in [0.05, 0.1) is 43.0 Å². The number of nitrogens with zero attached hydrogens (tertiary/aromatic N) is 6. The summed E-state index contributed by atoms with van der Waals surface area (Å²) in [6.07, 6.45) is 3.49. The first-order valence-electron chi connectivity index (χ1n) is 12.0. The number of ether oxygens (including phenoxy) is 2. The van der Waals surface area contributed by atoms with E-state index in [4.69, 9.17) is 9.47 Å². The summed E-state index contributed by atoms with van der Waals surface area (Å²) in [7, 11) is 1.83. The molecule has 36 heavy (non-hydrogen) atoms. The molecular weight excluding hydrogens is 460 g/mol. The zero-order valence-electron chi connectivity index (χ0n) is 20.5. The fourth-order valence-corrected chi connectivity index (χ4v) is 4.52. The smallest absolute Gasteiger partial charge is 0.256 e. The molecule has 2 aliphatic rings. The Kier molecular flexibility index (Phi) is 6.73. The van der Waals surface area contributed by atoms with Crippen LogP contribution in [0.25, 0.3) is 11.3 Å². The van der Waals surface area contributed by atoms with Gasteiger partial charge in [-0.25, -0.2) is 9.97 Å².